The molecule has 0 aliphatic carbocycles. The van der Waals surface area contributed by atoms with Gasteiger partial charge in [0.2, 0.25) is 0 Å². The highest BCUT2D eigenvalue weighted by Gasteiger charge is 2.20. The highest BCUT2D eigenvalue weighted by Crippen LogP contribution is 2.35. The molecule has 0 N–H and O–H groups in total. The predicted octanol–water partition coefficient (Wildman–Crippen LogP) is 5.35. The lowest BCUT2D eigenvalue weighted by Gasteiger charge is -2.18. The summed E-state index contributed by atoms with van der Waals surface area (Å²) in [7, 11) is 3.16. The number of para-hydroxylation sites is 1. The zero-order valence-corrected chi connectivity index (χ0v) is 20.0. The van der Waals surface area contributed by atoms with Crippen LogP contribution in [-0.4, -0.2) is 36.7 Å². The van der Waals surface area contributed by atoms with Gasteiger partial charge in [-0.2, -0.15) is 0 Å². The van der Waals surface area contributed by atoms with Gasteiger partial charge in [0.05, 0.1) is 32.1 Å². The van der Waals surface area contributed by atoms with Gasteiger partial charge in [0.15, 0.2) is 16.6 Å². The number of thiazole rings is 1. The first-order chi connectivity index (χ1) is 16.6. The van der Waals surface area contributed by atoms with Crippen LogP contribution in [0.15, 0.2) is 67.0 Å². The van der Waals surface area contributed by atoms with Crippen molar-refractivity contribution in [2.24, 2.45) is 0 Å². The first kappa shape index (κ1) is 23.3. The molecule has 0 saturated heterocycles. The van der Waals surface area contributed by atoms with E-state index in [0.717, 1.165) is 21.3 Å². The number of anilines is 1. The highest BCUT2D eigenvalue weighted by molar-refractivity contribution is 7.22. The number of rotatable bonds is 9. The Labute approximate surface area is 202 Å². The van der Waals surface area contributed by atoms with Crippen LogP contribution in [0.4, 0.5) is 5.13 Å². The van der Waals surface area contributed by atoms with Gasteiger partial charge < -0.3 is 14.2 Å². The van der Waals surface area contributed by atoms with Crippen LogP contribution in [0, 0.1) is 0 Å². The lowest BCUT2D eigenvalue weighted by Crippen LogP contribution is -2.28. The average molecular weight is 476 g/mol. The number of amides is 1. The molecule has 2 aromatic carbocycles. The lowest BCUT2D eigenvalue weighted by molar-refractivity contribution is -0.114. The van der Waals surface area contributed by atoms with Crippen LogP contribution >= 0.6 is 11.3 Å². The SMILES string of the molecule is CCOc1cccc2sc(N(Cc3cccnc3)C(=O)/C=C/c3ccc(OC)c(OC)c3)nc12. The Morgan fingerprint density at radius 1 is 1.06 bits per heavy atom. The summed E-state index contributed by atoms with van der Waals surface area (Å²) in [6, 6.07) is 15.1. The Balaban J connectivity index is 1.68. The molecule has 0 atom stereocenters. The summed E-state index contributed by atoms with van der Waals surface area (Å²) in [5.41, 5.74) is 2.46. The highest BCUT2D eigenvalue weighted by atomic mass is 32.1. The number of methoxy groups -OCH3 is 2. The maximum absolute atomic E-state index is 13.4. The molecular formula is C26H25N3O4S. The number of fused-ring (bicyclic) bond motifs is 1. The smallest absolute Gasteiger partial charge is 0.253 e. The van der Waals surface area contributed by atoms with Gasteiger partial charge in [0.25, 0.3) is 5.91 Å². The first-order valence-electron chi connectivity index (χ1n) is 10.8. The van der Waals surface area contributed by atoms with Crippen molar-refractivity contribution in [1.82, 2.24) is 9.97 Å². The van der Waals surface area contributed by atoms with Crippen LogP contribution < -0.4 is 19.1 Å². The molecule has 0 spiro atoms. The number of hydrogen-bond donors (Lipinski definition) is 0. The normalized spacial score (nSPS) is 11.0. The molecule has 0 aliphatic rings. The van der Waals surface area contributed by atoms with Crippen LogP contribution in [0.5, 0.6) is 17.2 Å². The standard InChI is InChI=1S/C26H25N3O4S/c1-4-33-21-8-5-9-23-25(21)28-26(34-23)29(17-19-7-6-14-27-16-19)24(30)13-11-18-10-12-20(31-2)22(15-18)32-3/h5-16H,4,17H2,1-3H3/b13-11+. The van der Waals surface area contributed by atoms with Crippen molar-refractivity contribution in [2.45, 2.75) is 13.5 Å². The fourth-order valence-electron chi connectivity index (χ4n) is 3.43. The van der Waals surface area contributed by atoms with Crippen LogP contribution in [0.2, 0.25) is 0 Å². The molecule has 0 bridgehead atoms. The van der Waals surface area contributed by atoms with Gasteiger partial charge >= 0.3 is 0 Å². The van der Waals surface area contributed by atoms with E-state index < -0.39 is 0 Å². The Hall–Kier alpha value is -3.91. The van der Waals surface area contributed by atoms with Gasteiger partial charge in [0.1, 0.15) is 11.3 Å². The summed E-state index contributed by atoms with van der Waals surface area (Å²) in [6.45, 7) is 2.81. The molecule has 7 nitrogen and oxygen atoms in total. The number of benzene rings is 2. The number of carbonyl (C=O) groups is 1. The van der Waals surface area contributed by atoms with E-state index in [-0.39, 0.29) is 5.91 Å². The van der Waals surface area contributed by atoms with Crippen molar-refractivity contribution in [2.75, 3.05) is 25.7 Å². The van der Waals surface area contributed by atoms with Crippen molar-refractivity contribution in [3.8, 4) is 17.2 Å². The molecule has 174 valence electrons. The predicted molar refractivity (Wildman–Crippen MR) is 135 cm³/mol. The monoisotopic (exact) mass is 475 g/mol. The number of pyridine rings is 1. The molecule has 0 radical (unpaired) electrons. The van der Waals surface area contributed by atoms with E-state index in [1.807, 2.05) is 49.4 Å². The van der Waals surface area contributed by atoms with Gasteiger partial charge in [-0.1, -0.05) is 29.5 Å². The Morgan fingerprint density at radius 2 is 1.91 bits per heavy atom. The van der Waals surface area contributed by atoms with Crippen molar-refractivity contribution in [3.63, 3.8) is 0 Å². The van der Waals surface area contributed by atoms with E-state index in [0.29, 0.717) is 35.5 Å². The summed E-state index contributed by atoms with van der Waals surface area (Å²) in [5.74, 6) is 1.73. The Kier molecular flexibility index (Phi) is 7.39. The fourth-order valence-corrected chi connectivity index (χ4v) is 4.41. The molecule has 2 aromatic heterocycles. The van der Waals surface area contributed by atoms with Crippen molar-refractivity contribution >= 4 is 38.7 Å². The summed E-state index contributed by atoms with van der Waals surface area (Å²) in [6.07, 6.45) is 6.74. The quantitative estimate of drug-likeness (QED) is 0.304. The molecule has 34 heavy (non-hydrogen) atoms. The maximum Gasteiger partial charge on any atom is 0.253 e. The van der Waals surface area contributed by atoms with E-state index in [2.05, 4.69) is 4.98 Å². The minimum Gasteiger partial charge on any atom is -0.493 e. The van der Waals surface area contributed by atoms with Crippen LogP contribution in [-0.2, 0) is 11.3 Å². The number of ether oxygens (including phenoxy) is 3. The van der Waals surface area contributed by atoms with E-state index in [9.17, 15) is 4.79 Å². The summed E-state index contributed by atoms with van der Waals surface area (Å²) in [4.78, 5) is 24.0. The second kappa shape index (κ2) is 10.8. The number of hydrogen-bond acceptors (Lipinski definition) is 7. The molecule has 4 rings (SSSR count). The largest absolute Gasteiger partial charge is 0.493 e. The van der Waals surface area contributed by atoms with Crippen LogP contribution in [0.1, 0.15) is 18.1 Å². The molecule has 0 saturated carbocycles. The second-order valence-electron chi connectivity index (χ2n) is 7.27. The maximum atomic E-state index is 13.4. The lowest BCUT2D eigenvalue weighted by atomic mass is 10.2. The third-order valence-electron chi connectivity index (χ3n) is 5.06. The van der Waals surface area contributed by atoms with E-state index >= 15 is 0 Å². The molecule has 8 heteroatoms. The van der Waals surface area contributed by atoms with Crippen molar-refractivity contribution in [1.29, 1.82) is 0 Å². The van der Waals surface area contributed by atoms with E-state index in [4.69, 9.17) is 19.2 Å². The third kappa shape index (κ3) is 5.18. The second-order valence-corrected chi connectivity index (χ2v) is 8.27. The van der Waals surface area contributed by atoms with Crippen LogP contribution in [0.3, 0.4) is 0 Å². The molecule has 0 fully saturated rings. The van der Waals surface area contributed by atoms with E-state index in [1.54, 1.807) is 43.7 Å². The first-order valence-corrected chi connectivity index (χ1v) is 11.6. The third-order valence-corrected chi connectivity index (χ3v) is 6.10. The zero-order valence-electron chi connectivity index (χ0n) is 19.2. The molecule has 0 unspecified atom stereocenters. The topological polar surface area (TPSA) is 73.8 Å². The Morgan fingerprint density at radius 3 is 2.65 bits per heavy atom. The molecule has 0 aliphatic heterocycles. The van der Waals surface area contributed by atoms with Crippen molar-refractivity contribution in [3.05, 3.63) is 78.1 Å². The summed E-state index contributed by atoms with van der Waals surface area (Å²) in [5, 5.41) is 0.591. The summed E-state index contributed by atoms with van der Waals surface area (Å²) >= 11 is 1.45. The zero-order chi connectivity index (χ0) is 23.9. The van der Waals surface area contributed by atoms with Gasteiger partial charge in [-0.05, 0) is 54.5 Å². The molecular weight excluding hydrogens is 450 g/mol. The Bertz CT molecular complexity index is 1300. The molecule has 2 heterocycles. The molecule has 1 amide bonds. The molecule has 4 aromatic rings. The minimum absolute atomic E-state index is 0.198. The fraction of sp³-hybridized carbons (Fsp3) is 0.192. The number of nitrogens with zero attached hydrogens (tertiary/aromatic N) is 3. The van der Waals surface area contributed by atoms with Gasteiger partial charge in [-0.3, -0.25) is 14.7 Å². The average Bonchev–Trinajstić information content (AvgIpc) is 3.31. The minimum atomic E-state index is -0.198. The van der Waals surface area contributed by atoms with Gasteiger partial charge in [0, 0.05) is 18.5 Å². The number of aromatic nitrogens is 2. The van der Waals surface area contributed by atoms with Gasteiger partial charge in [-0.15, -0.1) is 0 Å². The van der Waals surface area contributed by atoms with Crippen LogP contribution in [0.25, 0.3) is 16.3 Å². The van der Waals surface area contributed by atoms with Gasteiger partial charge in [-0.25, -0.2) is 4.98 Å². The van der Waals surface area contributed by atoms with Crippen molar-refractivity contribution < 1.29 is 19.0 Å². The van der Waals surface area contributed by atoms with E-state index in [1.165, 1.54) is 17.4 Å². The summed E-state index contributed by atoms with van der Waals surface area (Å²) < 4.78 is 17.3. The number of carbonyl (C=O) groups excluding carboxylic acids is 1.